The Kier molecular flexibility index (Phi) is 2.91. The van der Waals surface area contributed by atoms with Gasteiger partial charge in [0.25, 0.3) is 0 Å². The monoisotopic (exact) mass is 220 g/mol. The summed E-state index contributed by atoms with van der Waals surface area (Å²) in [6.45, 7) is 4.86. The van der Waals surface area contributed by atoms with Crippen molar-refractivity contribution in [2.75, 3.05) is 11.9 Å². The molecule has 1 N–H and O–H groups in total. The third-order valence-electron chi connectivity index (χ3n) is 1.82. The Bertz CT molecular complexity index is 452. The molecule has 2 aromatic heterocycles. The summed E-state index contributed by atoms with van der Waals surface area (Å²) in [6, 6.07) is 1.85. The van der Waals surface area contributed by atoms with E-state index in [0.29, 0.717) is 5.82 Å². The van der Waals surface area contributed by atoms with Crippen LogP contribution >= 0.6 is 11.3 Å². The smallest absolute Gasteiger partial charge is 0.190 e. The van der Waals surface area contributed by atoms with Gasteiger partial charge in [-0.1, -0.05) is 0 Å². The number of nitrogens with zero attached hydrogens (tertiary/aromatic N) is 3. The van der Waals surface area contributed by atoms with Crippen LogP contribution in [0.5, 0.6) is 0 Å². The molecule has 0 amide bonds. The maximum Gasteiger partial charge on any atom is 0.190 e. The van der Waals surface area contributed by atoms with Crippen LogP contribution in [0.25, 0.3) is 10.8 Å². The van der Waals surface area contributed by atoms with Crippen LogP contribution in [0.15, 0.2) is 17.6 Å². The second-order valence-electron chi connectivity index (χ2n) is 3.09. The summed E-state index contributed by atoms with van der Waals surface area (Å²) < 4.78 is 0. The molecule has 0 radical (unpaired) electrons. The van der Waals surface area contributed by atoms with Gasteiger partial charge in [0.1, 0.15) is 5.82 Å². The van der Waals surface area contributed by atoms with E-state index in [1.165, 1.54) is 0 Å². The Morgan fingerprint density at radius 1 is 1.40 bits per heavy atom. The van der Waals surface area contributed by atoms with Crippen molar-refractivity contribution in [2.24, 2.45) is 0 Å². The summed E-state index contributed by atoms with van der Waals surface area (Å²) in [6.07, 6.45) is 1.75. The zero-order valence-corrected chi connectivity index (χ0v) is 9.51. The highest BCUT2D eigenvalue weighted by Gasteiger charge is 2.05. The van der Waals surface area contributed by atoms with Crippen molar-refractivity contribution in [1.29, 1.82) is 0 Å². The van der Waals surface area contributed by atoms with E-state index in [4.69, 9.17) is 0 Å². The molecular weight excluding hydrogens is 208 g/mol. The van der Waals surface area contributed by atoms with Gasteiger partial charge in [-0.3, -0.25) is 0 Å². The first-order chi connectivity index (χ1) is 7.29. The molecule has 0 aliphatic carbocycles. The van der Waals surface area contributed by atoms with Crippen LogP contribution in [-0.4, -0.2) is 21.5 Å². The van der Waals surface area contributed by atoms with Gasteiger partial charge >= 0.3 is 0 Å². The lowest BCUT2D eigenvalue weighted by Crippen LogP contribution is -2.00. The minimum absolute atomic E-state index is 0.687. The Balaban J connectivity index is 2.32. The number of rotatable bonds is 3. The van der Waals surface area contributed by atoms with Gasteiger partial charge in [0, 0.05) is 23.8 Å². The van der Waals surface area contributed by atoms with Crippen molar-refractivity contribution in [3.63, 3.8) is 0 Å². The number of nitrogens with one attached hydrogen (secondary N) is 1. The quantitative estimate of drug-likeness (QED) is 0.862. The van der Waals surface area contributed by atoms with Crippen molar-refractivity contribution in [3.8, 4) is 10.8 Å². The average molecular weight is 220 g/mol. The highest BCUT2D eigenvalue weighted by atomic mass is 32.1. The predicted molar refractivity (Wildman–Crippen MR) is 62.0 cm³/mol. The second-order valence-corrected chi connectivity index (χ2v) is 3.95. The third kappa shape index (κ3) is 2.30. The van der Waals surface area contributed by atoms with E-state index < -0.39 is 0 Å². The molecule has 0 aliphatic rings. The van der Waals surface area contributed by atoms with Crippen LogP contribution in [0.2, 0.25) is 0 Å². The molecular formula is C10H12N4S. The standard InChI is InChI=1S/C10H12N4S/c1-3-11-8-4-5-12-9(14-8)10-13-7(2)6-15-10/h4-6H,3H2,1-2H3,(H,11,12,14). The Labute approximate surface area is 92.4 Å². The van der Waals surface area contributed by atoms with E-state index in [1.54, 1.807) is 17.5 Å². The molecule has 5 heteroatoms. The molecule has 0 spiro atoms. The first-order valence-electron chi connectivity index (χ1n) is 4.79. The fourth-order valence-corrected chi connectivity index (χ4v) is 1.93. The van der Waals surface area contributed by atoms with Crippen LogP contribution in [0, 0.1) is 6.92 Å². The highest BCUT2D eigenvalue weighted by Crippen LogP contribution is 2.20. The molecule has 2 rings (SSSR count). The normalized spacial score (nSPS) is 10.3. The van der Waals surface area contributed by atoms with Crippen LogP contribution in [0.1, 0.15) is 12.6 Å². The van der Waals surface area contributed by atoms with Gasteiger partial charge in [-0.05, 0) is 19.9 Å². The number of aromatic nitrogens is 3. The summed E-state index contributed by atoms with van der Waals surface area (Å²) >= 11 is 1.57. The molecule has 0 aliphatic heterocycles. The average Bonchev–Trinajstić information content (AvgIpc) is 2.66. The number of thiazole rings is 1. The van der Waals surface area contributed by atoms with Crippen molar-refractivity contribution < 1.29 is 0 Å². The number of anilines is 1. The number of aryl methyl sites for hydroxylation is 1. The molecule has 2 heterocycles. The number of hydrogen-bond donors (Lipinski definition) is 1. The summed E-state index contributed by atoms with van der Waals surface area (Å²) in [4.78, 5) is 12.9. The van der Waals surface area contributed by atoms with Gasteiger partial charge < -0.3 is 5.32 Å². The van der Waals surface area contributed by atoms with Crippen LogP contribution in [0.3, 0.4) is 0 Å². The predicted octanol–water partition coefficient (Wildman–Crippen LogP) is 2.34. The molecule has 78 valence electrons. The van der Waals surface area contributed by atoms with Crippen LogP contribution in [0.4, 0.5) is 5.82 Å². The van der Waals surface area contributed by atoms with Gasteiger partial charge in [0.05, 0.1) is 0 Å². The molecule has 15 heavy (non-hydrogen) atoms. The maximum atomic E-state index is 4.37. The van der Waals surface area contributed by atoms with Crippen molar-refractivity contribution in [2.45, 2.75) is 13.8 Å². The van der Waals surface area contributed by atoms with Gasteiger partial charge in [-0.25, -0.2) is 15.0 Å². The van der Waals surface area contributed by atoms with Crippen LogP contribution in [-0.2, 0) is 0 Å². The molecule has 0 saturated carbocycles. The minimum atomic E-state index is 0.687. The van der Waals surface area contributed by atoms with E-state index in [-0.39, 0.29) is 0 Å². The molecule has 0 atom stereocenters. The van der Waals surface area contributed by atoms with E-state index in [1.807, 2.05) is 25.3 Å². The molecule has 4 nitrogen and oxygen atoms in total. The first kappa shape index (κ1) is 10.0. The first-order valence-corrected chi connectivity index (χ1v) is 5.67. The molecule has 0 saturated heterocycles. The third-order valence-corrected chi connectivity index (χ3v) is 2.78. The van der Waals surface area contributed by atoms with Gasteiger partial charge in [0.15, 0.2) is 10.8 Å². The lowest BCUT2D eigenvalue weighted by molar-refractivity contribution is 1.11. The second kappa shape index (κ2) is 4.35. The zero-order valence-electron chi connectivity index (χ0n) is 8.69. The summed E-state index contributed by atoms with van der Waals surface area (Å²) in [5, 5.41) is 6.02. The van der Waals surface area contributed by atoms with Gasteiger partial charge in [0.2, 0.25) is 0 Å². The minimum Gasteiger partial charge on any atom is -0.370 e. The molecule has 0 bridgehead atoms. The highest BCUT2D eigenvalue weighted by molar-refractivity contribution is 7.13. The molecule has 0 aromatic carbocycles. The van der Waals surface area contributed by atoms with E-state index >= 15 is 0 Å². The topological polar surface area (TPSA) is 50.7 Å². The van der Waals surface area contributed by atoms with E-state index in [9.17, 15) is 0 Å². The maximum absolute atomic E-state index is 4.37. The summed E-state index contributed by atoms with van der Waals surface area (Å²) in [5.41, 5.74) is 1.01. The van der Waals surface area contributed by atoms with E-state index in [2.05, 4.69) is 20.3 Å². The molecule has 2 aromatic rings. The van der Waals surface area contributed by atoms with E-state index in [0.717, 1.165) is 23.1 Å². The fourth-order valence-electron chi connectivity index (χ4n) is 1.20. The zero-order chi connectivity index (χ0) is 10.7. The summed E-state index contributed by atoms with van der Waals surface area (Å²) in [5.74, 6) is 1.53. The van der Waals surface area contributed by atoms with Gasteiger partial charge in [-0.15, -0.1) is 11.3 Å². The molecule has 0 unspecified atom stereocenters. The summed E-state index contributed by atoms with van der Waals surface area (Å²) in [7, 11) is 0. The lowest BCUT2D eigenvalue weighted by Gasteiger charge is -2.01. The Hall–Kier alpha value is -1.49. The molecule has 0 fully saturated rings. The van der Waals surface area contributed by atoms with Crippen molar-refractivity contribution in [3.05, 3.63) is 23.3 Å². The van der Waals surface area contributed by atoms with Crippen LogP contribution < -0.4 is 5.32 Å². The Morgan fingerprint density at radius 3 is 2.93 bits per heavy atom. The van der Waals surface area contributed by atoms with Crippen molar-refractivity contribution in [1.82, 2.24) is 15.0 Å². The number of hydrogen-bond acceptors (Lipinski definition) is 5. The Morgan fingerprint density at radius 2 is 2.27 bits per heavy atom. The van der Waals surface area contributed by atoms with Gasteiger partial charge in [-0.2, -0.15) is 0 Å². The largest absolute Gasteiger partial charge is 0.370 e. The fraction of sp³-hybridized carbons (Fsp3) is 0.300. The lowest BCUT2D eigenvalue weighted by atomic mass is 10.5. The SMILES string of the molecule is CCNc1ccnc(-c2nc(C)cs2)n1. The van der Waals surface area contributed by atoms with Crippen molar-refractivity contribution >= 4 is 17.2 Å².